The quantitative estimate of drug-likeness (QED) is 0.719. The highest BCUT2D eigenvalue weighted by atomic mass is 79.9. The maximum Gasteiger partial charge on any atom is 0.160 e. The maximum absolute atomic E-state index is 14.3. The molecule has 0 aliphatic heterocycles. The van der Waals surface area contributed by atoms with Crippen LogP contribution in [0, 0.1) is 17.5 Å². The molecular weight excluding hydrogens is 367 g/mol. The Kier molecular flexibility index (Phi) is 5.30. The van der Waals surface area contributed by atoms with Crippen LogP contribution in [0.4, 0.5) is 13.2 Å². The molecule has 1 nitrogen and oxygen atoms in total. The summed E-state index contributed by atoms with van der Waals surface area (Å²) >= 11 is 9.11. The lowest BCUT2D eigenvalue weighted by molar-refractivity contribution is 0.501. The minimum absolute atomic E-state index is 0.0409. The fourth-order valence-corrected chi connectivity index (χ4v) is 2.74. The molecule has 0 aliphatic rings. The highest BCUT2D eigenvalue weighted by molar-refractivity contribution is 9.10. The molecule has 0 heterocycles. The lowest BCUT2D eigenvalue weighted by Gasteiger charge is -2.21. The standard InChI is InChI=1S/C15H12BrClF3N/c1-2-21-15(8-4-3-5-10(16)14(8)20)9-6-12(18)13(19)7-11(9)17/h3-7,15,21H,2H2,1H3. The average molecular weight is 379 g/mol. The van der Waals surface area contributed by atoms with Crippen LogP contribution in [0.5, 0.6) is 0 Å². The molecule has 0 bridgehead atoms. The summed E-state index contributed by atoms with van der Waals surface area (Å²) in [6.45, 7) is 2.34. The van der Waals surface area contributed by atoms with Crippen molar-refractivity contribution in [1.29, 1.82) is 0 Å². The predicted molar refractivity (Wildman–Crippen MR) is 81.0 cm³/mol. The number of benzene rings is 2. The zero-order valence-corrected chi connectivity index (χ0v) is 13.4. The second kappa shape index (κ2) is 6.81. The molecule has 0 fully saturated rings. The van der Waals surface area contributed by atoms with Crippen molar-refractivity contribution in [3.63, 3.8) is 0 Å². The Morgan fingerprint density at radius 1 is 1.14 bits per heavy atom. The molecule has 1 N–H and O–H groups in total. The van der Waals surface area contributed by atoms with Crippen LogP contribution in [0.1, 0.15) is 24.1 Å². The minimum Gasteiger partial charge on any atom is -0.306 e. The third-order valence-corrected chi connectivity index (χ3v) is 3.99. The van der Waals surface area contributed by atoms with E-state index in [4.69, 9.17) is 11.6 Å². The molecule has 2 aromatic rings. The van der Waals surface area contributed by atoms with Gasteiger partial charge in [0.05, 0.1) is 10.5 Å². The number of halogens is 5. The van der Waals surface area contributed by atoms with Crippen molar-refractivity contribution in [2.75, 3.05) is 6.54 Å². The molecule has 0 saturated carbocycles. The summed E-state index contributed by atoms with van der Waals surface area (Å²) in [7, 11) is 0. The van der Waals surface area contributed by atoms with Gasteiger partial charge in [0.15, 0.2) is 11.6 Å². The summed E-state index contributed by atoms with van der Waals surface area (Å²) in [6, 6.07) is 6.02. The lowest BCUT2D eigenvalue weighted by atomic mass is 9.97. The molecule has 2 rings (SSSR count). The van der Waals surface area contributed by atoms with Gasteiger partial charge >= 0.3 is 0 Å². The summed E-state index contributed by atoms with van der Waals surface area (Å²) in [5.74, 6) is -2.52. The number of rotatable bonds is 4. The average Bonchev–Trinajstić information content (AvgIpc) is 2.44. The van der Waals surface area contributed by atoms with Crippen LogP contribution in [-0.2, 0) is 0 Å². The Hall–Kier alpha value is -1.04. The first-order chi connectivity index (χ1) is 9.95. The highest BCUT2D eigenvalue weighted by Crippen LogP contribution is 2.33. The SMILES string of the molecule is CCNC(c1cc(F)c(F)cc1Cl)c1cccc(Br)c1F. The third kappa shape index (κ3) is 3.42. The normalized spacial score (nSPS) is 12.5. The molecule has 0 spiro atoms. The largest absolute Gasteiger partial charge is 0.306 e. The molecule has 1 atom stereocenters. The first-order valence-electron chi connectivity index (χ1n) is 6.27. The van der Waals surface area contributed by atoms with Gasteiger partial charge in [0.2, 0.25) is 0 Å². The molecule has 0 aliphatic carbocycles. The van der Waals surface area contributed by atoms with E-state index in [2.05, 4.69) is 21.2 Å². The zero-order valence-electron chi connectivity index (χ0n) is 11.1. The van der Waals surface area contributed by atoms with Crippen LogP contribution in [0.15, 0.2) is 34.8 Å². The van der Waals surface area contributed by atoms with Crippen LogP contribution in [0.3, 0.4) is 0 Å². The van der Waals surface area contributed by atoms with Crippen molar-refractivity contribution < 1.29 is 13.2 Å². The summed E-state index contributed by atoms with van der Waals surface area (Å²) in [5, 5.41) is 3.08. The number of nitrogens with one attached hydrogen (secondary N) is 1. The van der Waals surface area contributed by atoms with Gasteiger partial charge < -0.3 is 5.32 Å². The topological polar surface area (TPSA) is 12.0 Å². The Bertz CT molecular complexity index is 664. The van der Waals surface area contributed by atoms with E-state index in [0.29, 0.717) is 16.6 Å². The van der Waals surface area contributed by atoms with Crippen molar-refractivity contribution >= 4 is 27.5 Å². The lowest BCUT2D eigenvalue weighted by Crippen LogP contribution is -2.23. The van der Waals surface area contributed by atoms with Crippen LogP contribution < -0.4 is 5.32 Å². The molecule has 6 heteroatoms. The monoisotopic (exact) mass is 377 g/mol. The fourth-order valence-electron chi connectivity index (χ4n) is 2.09. The van der Waals surface area contributed by atoms with Gasteiger partial charge in [0.25, 0.3) is 0 Å². The van der Waals surface area contributed by atoms with Gasteiger partial charge in [-0.15, -0.1) is 0 Å². The van der Waals surface area contributed by atoms with Crippen LogP contribution in [-0.4, -0.2) is 6.54 Å². The first kappa shape index (κ1) is 16.3. The second-order valence-corrected chi connectivity index (χ2v) is 5.68. The number of hydrogen-bond acceptors (Lipinski definition) is 1. The second-order valence-electron chi connectivity index (χ2n) is 4.42. The van der Waals surface area contributed by atoms with E-state index in [1.807, 2.05) is 6.92 Å². The van der Waals surface area contributed by atoms with Gasteiger partial charge in [-0.05, 0) is 46.2 Å². The molecule has 0 amide bonds. The summed E-state index contributed by atoms with van der Waals surface area (Å²) in [6.07, 6.45) is 0. The van der Waals surface area contributed by atoms with E-state index in [1.54, 1.807) is 18.2 Å². The van der Waals surface area contributed by atoms with Crippen LogP contribution in [0.25, 0.3) is 0 Å². The predicted octanol–water partition coefficient (Wildman–Crippen LogP) is 5.22. The molecular formula is C15H12BrClF3N. The van der Waals surface area contributed by atoms with Gasteiger partial charge in [-0.2, -0.15) is 0 Å². The van der Waals surface area contributed by atoms with Gasteiger partial charge in [0, 0.05) is 10.6 Å². The van der Waals surface area contributed by atoms with E-state index in [0.717, 1.165) is 12.1 Å². The minimum atomic E-state index is -1.03. The highest BCUT2D eigenvalue weighted by Gasteiger charge is 2.22. The van der Waals surface area contributed by atoms with Gasteiger partial charge in [-0.1, -0.05) is 30.7 Å². The Morgan fingerprint density at radius 3 is 2.48 bits per heavy atom. The van der Waals surface area contributed by atoms with Crippen molar-refractivity contribution in [2.45, 2.75) is 13.0 Å². The van der Waals surface area contributed by atoms with Crippen molar-refractivity contribution in [3.05, 3.63) is 68.4 Å². The Balaban J connectivity index is 2.59. The van der Waals surface area contributed by atoms with E-state index in [9.17, 15) is 13.2 Å². The molecule has 0 aromatic heterocycles. The van der Waals surface area contributed by atoms with E-state index in [-0.39, 0.29) is 10.6 Å². The van der Waals surface area contributed by atoms with Gasteiger partial charge in [0.1, 0.15) is 5.82 Å². The van der Waals surface area contributed by atoms with Crippen LogP contribution in [0.2, 0.25) is 5.02 Å². The van der Waals surface area contributed by atoms with E-state index >= 15 is 0 Å². The van der Waals surface area contributed by atoms with E-state index < -0.39 is 23.5 Å². The van der Waals surface area contributed by atoms with Gasteiger partial charge in [-0.3, -0.25) is 0 Å². The molecule has 112 valence electrons. The number of hydrogen-bond donors (Lipinski definition) is 1. The van der Waals surface area contributed by atoms with Crippen molar-refractivity contribution in [1.82, 2.24) is 5.32 Å². The smallest absolute Gasteiger partial charge is 0.160 e. The molecule has 1 unspecified atom stereocenters. The molecule has 0 radical (unpaired) electrons. The Morgan fingerprint density at radius 2 is 1.81 bits per heavy atom. The summed E-state index contributed by atoms with van der Waals surface area (Å²) < 4.78 is 41.3. The Labute approximate surface area is 134 Å². The third-order valence-electron chi connectivity index (χ3n) is 3.05. The molecule has 0 saturated heterocycles. The fraction of sp³-hybridized carbons (Fsp3) is 0.200. The zero-order chi connectivity index (χ0) is 15.6. The first-order valence-corrected chi connectivity index (χ1v) is 7.44. The molecule has 21 heavy (non-hydrogen) atoms. The van der Waals surface area contributed by atoms with Gasteiger partial charge in [-0.25, -0.2) is 13.2 Å². The van der Waals surface area contributed by atoms with Crippen LogP contribution >= 0.6 is 27.5 Å². The van der Waals surface area contributed by atoms with Crippen molar-refractivity contribution in [3.8, 4) is 0 Å². The summed E-state index contributed by atoms with van der Waals surface area (Å²) in [5.41, 5.74) is 0.591. The van der Waals surface area contributed by atoms with Crippen molar-refractivity contribution in [2.24, 2.45) is 0 Å². The summed E-state index contributed by atoms with van der Waals surface area (Å²) in [4.78, 5) is 0. The maximum atomic E-state index is 14.3. The van der Waals surface area contributed by atoms with E-state index in [1.165, 1.54) is 0 Å². The molecule has 2 aromatic carbocycles.